The lowest BCUT2D eigenvalue weighted by Gasteiger charge is -2.26. The zero-order valence-corrected chi connectivity index (χ0v) is 14.9. The molecule has 1 aliphatic rings. The number of nitrogens with zero attached hydrogens (tertiary/aromatic N) is 1. The predicted octanol–water partition coefficient (Wildman–Crippen LogP) is 4.14. The Morgan fingerprint density at radius 3 is 2.62 bits per heavy atom. The summed E-state index contributed by atoms with van der Waals surface area (Å²) in [7, 11) is 0. The fourth-order valence-corrected chi connectivity index (χ4v) is 3.28. The van der Waals surface area contributed by atoms with Crippen LogP contribution in [0.25, 0.3) is 0 Å². The first-order valence-electron chi connectivity index (χ1n) is 8.06. The van der Waals surface area contributed by atoms with Gasteiger partial charge in [0.15, 0.2) is 17.7 Å². The highest BCUT2D eigenvalue weighted by Gasteiger charge is 2.34. The lowest BCUT2D eigenvalue weighted by molar-refractivity contribution is -0.126. The summed E-state index contributed by atoms with van der Waals surface area (Å²) >= 11 is 5.77. The number of esters is 1. The molecule has 2 aromatic carbocycles. The maximum absolute atomic E-state index is 13.4. The normalized spacial score (nSPS) is 17.0. The first-order valence-corrected chi connectivity index (χ1v) is 8.44. The Hall–Kier alpha value is -2.47. The highest BCUT2D eigenvalue weighted by Crippen LogP contribution is 2.32. The van der Waals surface area contributed by atoms with E-state index >= 15 is 0 Å². The minimum absolute atomic E-state index is 0.0760. The van der Waals surface area contributed by atoms with Crippen LogP contribution in [0.2, 0.25) is 5.02 Å². The van der Waals surface area contributed by atoms with Crippen molar-refractivity contribution in [3.63, 3.8) is 0 Å². The number of fused-ring (bicyclic) bond motifs is 1. The number of benzene rings is 2. The van der Waals surface area contributed by atoms with Gasteiger partial charge < -0.3 is 9.64 Å². The Morgan fingerprint density at radius 2 is 1.88 bits per heavy atom. The molecule has 0 aromatic heterocycles. The molecular weight excluding hydrogens is 364 g/mol. The molecule has 0 unspecified atom stereocenters. The van der Waals surface area contributed by atoms with Crippen molar-refractivity contribution in [2.24, 2.45) is 0 Å². The molecule has 0 saturated carbocycles. The Labute approximate surface area is 154 Å². The minimum Gasteiger partial charge on any atom is -0.449 e. The van der Waals surface area contributed by atoms with E-state index in [1.165, 1.54) is 6.92 Å². The van der Waals surface area contributed by atoms with Crippen LogP contribution < -0.4 is 4.90 Å². The van der Waals surface area contributed by atoms with Crippen molar-refractivity contribution < 1.29 is 23.1 Å². The first kappa shape index (κ1) is 18.3. The van der Waals surface area contributed by atoms with Crippen molar-refractivity contribution in [2.75, 3.05) is 4.90 Å². The van der Waals surface area contributed by atoms with Crippen LogP contribution in [0.4, 0.5) is 14.5 Å². The van der Waals surface area contributed by atoms with Crippen LogP contribution in [0.5, 0.6) is 0 Å². The quantitative estimate of drug-likeness (QED) is 0.594. The lowest BCUT2D eigenvalue weighted by Crippen LogP contribution is -2.43. The summed E-state index contributed by atoms with van der Waals surface area (Å²) in [5, 5.41) is -0.284. The van der Waals surface area contributed by atoms with Gasteiger partial charge in [-0.25, -0.2) is 13.6 Å². The van der Waals surface area contributed by atoms with E-state index in [4.69, 9.17) is 16.3 Å². The van der Waals surface area contributed by atoms with E-state index in [0.29, 0.717) is 18.6 Å². The third-order valence-electron chi connectivity index (χ3n) is 4.31. The molecule has 136 valence electrons. The topological polar surface area (TPSA) is 46.6 Å². The molecule has 4 nitrogen and oxygen atoms in total. The van der Waals surface area contributed by atoms with Gasteiger partial charge in [0, 0.05) is 11.7 Å². The first-order chi connectivity index (χ1) is 12.3. The van der Waals surface area contributed by atoms with E-state index in [9.17, 15) is 18.4 Å². The van der Waals surface area contributed by atoms with Crippen molar-refractivity contribution in [3.05, 3.63) is 64.2 Å². The summed E-state index contributed by atoms with van der Waals surface area (Å²) in [5.41, 5.74) is 1.48. The second-order valence-corrected chi connectivity index (χ2v) is 6.59. The molecule has 0 radical (unpaired) electrons. The SMILES string of the molecule is C[C@H](OC(=O)c1cc(F)c(F)cc1Cl)C(=O)N1c2ccccc2C[C@H]1C. The van der Waals surface area contributed by atoms with Gasteiger partial charge in [-0.15, -0.1) is 0 Å². The fourth-order valence-electron chi connectivity index (χ4n) is 3.05. The number of ether oxygens (including phenoxy) is 1. The number of hydrogen-bond donors (Lipinski definition) is 0. The molecule has 1 amide bonds. The third kappa shape index (κ3) is 3.29. The van der Waals surface area contributed by atoms with Crippen molar-refractivity contribution in [3.8, 4) is 0 Å². The smallest absolute Gasteiger partial charge is 0.340 e. The Kier molecular flexibility index (Phi) is 4.96. The second-order valence-electron chi connectivity index (χ2n) is 6.18. The third-order valence-corrected chi connectivity index (χ3v) is 4.62. The Bertz CT molecular complexity index is 887. The monoisotopic (exact) mass is 379 g/mol. The average molecular weight is 380 g/mol. The average Bonchev–Trinajstić information content (AvgIpc) is 2.92. The number of carbonyl (C=O) groups excluding carboxylic acids is 2. The molecule has 1 aliphatic heterocycles. The standard InChI is InChI=1S/C19H16ClF2NO3/c1-10-7-12-5-3-4-6-17(12)23(10)18(24)11(2)26-19(25)13-8-15(21)16(22)9-14(13)20/h3-6,8-11H,7H2,1-2H3/t10-,11+/m1/s1. The molecule has 0 aliphatic carbocycles. The molecule has 7 heteroatoms. The molecule has 0 N–H and O–H groups in total. The van der Waals surface area contributed by atoms with Crippen LogP contribution >= 0.6 is 11.6 Å². The van der Waals surface area contributed by atoms with Gasteiger partial charge in [0.25, 0.3) is 5.91 Å². The van der Waals surface area contributed by atoms with Crippen molar-refractivity contribution in [2.45, 2.75) is 32.4 Å². The number of anilines is 1. The summed E-state index contributed by atoms with van der Waals surface area (Å²) in [5.74, 6) is -3.77. The van der Waals surface area contributed by atoms with Crippen molar-refractivity contribution in [1.29, 1.82) is 0 Å². The molecule has 0 spiro atoms. The Balaban J connectivity index is 1.78. The van der Waals surface area contributed by atoms with Gasteiger partial charge in [0.1, 0.15) is 0 Å². The van der Waals surface area contributed by atoms with Gasteiger partial charge >= 0.3 is 5.97 Å². The molecule has 1 heterocycles. The van der Waals surface area contributed by atoms with E-state index in [2.05, 4.69) is 0 Å². The van der Waals surface area contributed by atoms with E-state index in [-0.39, 0.29) is 16.6 Å². The van der Waals surface area contributed by atoms with Gasteiger partial charge in [-0.05, 0) is 44.0 Å². The van der Waals surface area contributed by atoms with Gasteiger partial charge in [0.05, 0.1) is 10.6 Å². The van der Waals surface area contributed by atoms with Crippen LogP contribution in [-0.4, -0.2) is 24.0 Å². The summed E-state index contributed by atoms with van der Waals surface area (Å²) in [6.07, 6.45) is -0.405. The number of carbonyl (C=O) groups is 2. The molecule has 0 bridgehead atoms. The Morgan fingerprint density at radius 1 is 1.23 bits per heavy atom. The van der Waals surface area contributed by atoms with Crippen LogP contribution in [0.15, 0.2) is 36.4 Å². The van der Waals surface area contributed by atoms with Crippen LogP contribution in [-0.2, 0) is 16.0 Å². The summed E-state index contributed by atoms with van der Waals surface area (Å²) in [4.78, 5) is 26.6. The lowest BCUT2D eigenvalue weighted by atomic mass is 10.1. The van der Waals surface area contributed by atoms with Crippen molar-refractivity contribution in [1.82, 2.24) is 0 Å². The molecule has 2 atom stereocenters. The van der Waals surface area contributed by atoms with E-state index in [1.807, 2.05) is 31.2 Å². The van der Waals surface area contributed by atoms with Crippen LogP contribution in [0.3, 0.4) is 0 Å². The number of amides is 1. The second kappa shape index (κ2) is 7.03. The van der Waals surface area contributed by atoms with E-state index < -0.39 is 29.6 Å². The number of para-hydroxylation sites is 1. The fraction of sp³-hybridized carbons (Fsp3) is 0.263. The zero-order chi connectivity index (χ0) is 19.0. The molecule has 2 aromatic rings. The number of rotatable bonds is 3. The van der Waals surface area contributed by atoms with Gasteiger partial charge in [-0.1, -0.05) is 29.8 Å². The zero-order valence-electron chi connectivity index (χ0n) is 14.1. The molecular formula is C19H16ClF2NO3. The van der Waals surface area contributed by atoms with Crippen molar-refractivity contribution >= 4 is 29.2 Å². The van der Waals surface area contributed by atoms with Crippen LogP contribution in [0.1, 0.15) is 29.8 Å². The van der Waals surface area contributed by atoms with Gasteiger partial charge in [0.2, 0.25) is 0 Å². The summed E-state index contributed by atoms with van der Waals surface area (Å²) in [6.45, 7) is 3.33. The highest BCUT2D eigenvalue weighted by molar-refractivity contribution is 6.33. The molecule has 0 saturated heterocycles. The summed E-state index contributed by atoms with van der Waals surface area (Å²) < 4.78 is 31.6. The largest absolute Gasteiger partial charge is 0.449 e. The minimum atomic E-state index is -1.22. The summed E-state index contributed by atoms with van der Waals surface area (Å²) in [6, 6.07) is 8.77. The number of halogens is 3. The van der Waals surface area contributed by atoms with Gasteiger partial charge in [-0.3, -0.25) is 4.79 Å². The van der Waals surface area contributed by atoms with E-state index in [0.717, 1.165) is 11.3 Å². The maximum atomic E-state index is 13.4. The predicted molar refractivity (Wildman–Crippen MR) is 93.3 cm³/mol. The van der Waals surface area contributed by atoms with Gasteiger partial charge in [-0.2, -0.15) is 0 Å². The molecule has 0 fully saturated rings. The molecule has 26 heavy (non-hydrogen) atoms. The van der Waals surface area contributed by atoms with E-state index in [1.54, 1.807) is 4.90 Å². The number of hydrogen-bond acceptors (Lipinski definition) is 3. The van der Waals surface area contributed by atoms with Crippen LogP contribution in [0, 0.1) is 11.6 Å². The molecule has 3 rings (SSSR count). The highest BCUT2D eigenvalue weighted by atomic mass is 35.5. The maximum Gasteiger partial charge on any atom is 0.340 e.